The van der Waals surface area contributed by atoms with Gasteiger partial charge in [0.15, 0.2) is 17.5 Å². The number of nitrogens with zero attached hydrogens (tertiary/aromatic N) is 2. The minimum Gasteiger partial charge on any atom is -0.619 e. The molecule has 0 spiro atoms. The average Bonchev–Trinajstić information content (AvgIpc) is 3.27. The highest BCUT2D eigenvalue weighted by Gasteiger charge is 2.11. The highest BCUT2D eigenvalue weighted by molar-refractivity contribution is 7.14. The van der Waals surface area contributed by atoms with E-state index in [1.165, 1.54) is 23.7 Å². The molecule has 4 rings (SSSR count). The molecule has 0 atom stereocenters. The minimum absolute atomic E-state index is 0.179. The van der Waals surface area contributed by atoms with Crippen LogP contribution < -0.4 is 21.1 Å². The van der Waals surface area contributed by atoms with Crippen molar-refractivity contribution in [2.45, 2.75) is 0 Å². The third kappa shape index (κ3) is 5.08. The molecule has 4 N–H and O–H groups in total. The molecule has 2 heterocycles. The van der Waals surface area contributed by atoms with Crippen LogP contribution in [0.15, 0.2) is 78.4 Å². The molecule has 0 unspecified atom stereocenters. The zero-order chi connectivity index (χ0) is 22.5. The summed E-state index contributed by atoms with van der Waals surface area (Å²) >= 11 is 1.29. The van der Waals surface area contributed by atoms with Gasteiger partial charge in [0.25, 0.3) is 5.91 Å². The second-order valence-electron chi connectivity index (χ2n) is 6.92. The van der Waals surface area contributed by atoms with Gasteiger partial charge in [-0.25, -0.2) is 4.98 Å². The summed E-state index contributed by atoms with van der Waals surface area (Å²) < 4.78 is 0.737. The Bertz CT molecular complexity index is 1250. The van der Waals surface area contributed by atoms with Crippen molar-refractivity contribution in [3.8, 4) is 22.4 Å². The summed E-state index contributed by atoms with van der Waals surface area (Å²) in [7, 11) is 0. The van der Waals surface area contributed by atoms with Crippen molar-refractivity contribution < 1.29 is 14.3 Å². The first-order valence-corrected chi connectivity index (χ1v) is 10.5. The molecule has 160 valence electrons. The molecular formula is C23H19N5O3S. The van der Waals surface area contributed by atoms with E-state index in [2.05, 4.69) is 15.6 Å². The Hall–Kier alpha value is -4.24. The van der Waals surface area contributed by atoms with Crippen LogP contribution >= 0.6 is 11.3 Å². The molecule has 2 aromatic heterocycles. The number of carbonyl (C=O) groups excluding carboxylic acids is 2. The number of hydrogen-bond donors (Lipinski definition) is 3. The van der Waals surface area contributed by atoms with Gasteiger partial charge < -0.3 is 21.6 Å². The molecule has 0 saturated carbocycles. The lowest BCUT2D eigenvalue weighted by molar-refractivity contribution is -0.605. The van der Waals surface area contributed by atoms with Crippen molar-refractivity contribution in [3.63, 3.8) is 0 Å². The number of hydrogen-bond acceptors (Lipinski definition) is 6. The van der Waals surface area contributed by atoms with E-state index in [9.17, 15) is 14.8 Å². The summed E-state index contributed by atoms with van der Waals surface area (Å²) in [5, 5.41) is 18.8. The van der Waals surface area contributed by atoms with E-state index in [1.807, 2.05) is 29.6 Å². The first-order chi connectivity index (χ1) is 15.5. The Morgan fingerprint density at radius 2 is 1.72 bits per heavy atom. The second kappa shape index (κ2) is 9.27. The lowest BCUT2D eigenvalue weighted by Crippen LogP contribution is -2.32. The van der Waals surface area contributed by atoms with E-state index in [-0.39, 0.29) is 18.4 Å². The maximum atomic E-state index is 12.2. The summed E-state index contributed by atoms with van der Waals surface area (Å²) in [6, 6.07) is 17.7. The predicted molar refractivity (Wildman–Crippen MR) is 124 cm³/mol. The topological polar surface area (TPSA) is 124 Å². The van der Waals surface area contributed by atoms with Crippen LogP contribution in [0.5, 0.6) is 0 Å². The zero-order valence-electron chi connectivity index (χ0n) is 16.8. The fourth-order valence-corrected chi connectivity index (χ4v) is 3.72. The Morgan fingerprint density at radius 3 is 2.47 bits per heavy atom. The van der Waals surface area contributed by atoms with E-state index in [4.69, 9.17) is 5.73 Å². The van der Waals surface area contributed by atoms with Gasteiger partial charge in [0.05, 0.1) is 12.2 Å². The molecular weight excluding hydrogens is 426 g/mol. The smallest absolute Gasteiger partial charge is 0.251 e. The highest BCUT2D eigenvalue weighted by Crippen LogP contribution is 2.28. The molecule has 0 aliphatic rings. The van der Waals surface area contributed by atoms with Gasteiger partial charge in [-0.3, -0.25) is 9.59 Å². The number of thiazole rings is 1. The summed E-state index contributed by atoms with van der Waals surface area (Å²) in [5.74, 6) is -0.737. The van der Waals surface area contributed by atoms with Gasteiger partial charge >= 0.3 is 0 Å². The Kier molecular flexibility index (Phi) is 6.09. The molecule has 32 heavy (non-hydrogen) atoms. The summed E-state index contributed by atoms with van der Waals surface area (Å²) in [4.78, 5) is 28.8. The average molecular weight is 446 g/mol. The highest BCUT2D eigenvalue weighted by atomic mass is 32.1. The zero-order valence-corrected chi connectivity index (χ0v) is 17.6. The van der Waals surface area contributed by atoms with Gasteiger partial charge in [0.1, 0.15) is 0 Å². The van der Waals surface area contributed by atoms with Crippen LogP contribution in [-0.4, -0.2) is 23.3 Å². The van der Waals surface area contributed by atoms with E-state index in [1.54, 1.807) is 36.4 Å². The van der Waals surface area contributed by atoms with Crippen molar-refractivity contribution in [1.82, 2.24) is 10.3 Å². The standard InChI is InChI=1S/C23H19N5O3S/c24-19-6-4-16(5-7-19)22(30)25-13-21(29)27-23-26-20(14-32-23)18-3-1-2-17(12-18)15-8-10-28(31)11-9-15/h1-12,14H,13,24H2,(H,25,30)(H,26,27,29). The lowest BCUT2D eigenvalue weighted by atomic mass is 10.0. The van der Waals surface area contributed by atoms with Crippen molar-refractivity contribution >= 4 is 34.0 Å². The van der Waals surface area contributed by atoms with Crippen molar-refractivity contribution in [3.05, 3.63) is 89.2 Å². The molecule has 9 heteroatoms. The molecule has 0 bridgehead atoms. The maximum Gasteiger partial charge on any atom is 0.251 e. The van der Waals surface area contributed by atoms with Gasteiger partial charge in [-0.1, -0.05) is 18.2 Å². The first-order valence-electron chi connectivity index (χ1n) is 9.67. The molecule has 4 aromatic rings. The molecule has 2 aromatic carbocycles. The number of nitrogens with two attached hydrogens (primary N) is 1. The number of nitrogen functional groups attached to an aromatic ring is 1. The molecule has 8 nitrogen and oxygen atoms in total. The monoisotopic (exact) mass is 445 g/mol. The maximum absolute atomic E-state index is 12.2. The van der Waals surface area contributed by atoms with Crippen LogP contribution in [0.2, 0.25) is 0 Å². The Balaban J connectivity index is 1.38. The van der Waals surface area contributed by atoms with Gasteiger partial charge in [0.2, 0.25) is 5.91 Å². The number of aromatic nitrogens is 2. The van der Waals surface area contributed by atoms with Gasteiger partial charge in [-0.15, -0.1) is 11.3 Å². The number of amides is 2. The van der Waals surface area contributed by atoms with Crippen LogP contribution in [-0.2, 0) is 4.79 Å². The number of pyridine rings is 1. The predicted octanol–water partition coefficient (Wildman–Crippen LogP) is 3.06. The summed E-state index contributed by atoms with van der Waals surface area (Å²) in [6.07, 6.45) is 2.90. The van der Waals surface area contributed by atoms with Crippen LogP contribution in [0, 0.1) is 5.21 Å². The fourth-order valence-electron chi connectivity index (χ4n) is 2.99. The number of carbonyl (C=O) groups is 2. The SMILES string of the molecule is Nc1ccc(C(=O)NCC(=O)Nc2nc(-c3cccc(-c4cc[n+]([O-])cc4)c3)cs2)cc1. The normalized spacial score (nSPS) is 10.5. The van der Waals surface area contributed by atoms with Crippen LogP contribution in [0.4, 0.5) is 10.8 Å². The molecule has 0 aliphatic heterocycles. The van der Waals surface area contributed by atoms with E-state index in [0.717, 1.165) is 21.4 Å². The fraction of sp³-hybridized carbons (Fsp3) is 0.0435. The number of anilines is 2. The molecule has 2 amide bonds. The van der Waals surface area contributed by atoms with Crippen LogP contribution in [0.1, 0.15) is 10.4 Å². The number of benzene rings is 2. The second-order valence-corrected chi connectivity index (χ2v) is 7.78. The largest absolute Gasteiger partial charge is 0.619 e. The quantitative estimate of drug-likeness (QED) is 0.239. The number of rotatable bonds is 6. The molecule has 0 radical (unpaired) electrons. The molecule has 0 aliphatic carbocycles. The van der Waals surface area contributed by atoms with Crippen LogP contribution in [0.3, 0.4) is 0 Å². The van der Waals surface area contributed by atoms with E-state index < -0.39 is 0 Å². The minimum atomic E-state index is -0.376. The third-order valence-electron chi connectivity index (χ3n) is 4.63. The third-order valence-corrected chi connectivity index (χ3v) is 5.38. The lowest BCUT2D eigenvalue weighted by Gasteiger charge is -2.05. The number of nitrogens with one attached hydrogen (secondary N) is 2. The van der Waals surface area contributed by atoms with Gasteiger partial charge in [-0.2, -0.15) is 4.73 Å². The van der Waals surface area contributed by atoms with E-state index >= 15 is 0 Å². The van der Waals surface area contributed by atoms with Gasteiger partial charge in [-0.05, 0) is 41.5 Å². The van der Waals surface area contributed by atoms with Crippen molar-refractivity contribution in [2.75, 3.05) is 17.6 Å². The first kappa shape index (κ1) is 21.0. The molecule has 0 fully saturated rings. The molecule has 0 saturated heterocycles. The van der Waals surface area contributed by atoms with E-state index in [0.29, 0.717) is 22.1 Å². The van der Waals surface area contributed by atoms with Crippen molar-refractivity contribution in [2.24, 2.45) is 0 Å². The summed E-state index contributed by atoms with van der Waals surface area (Å²) in [6.45, 7) is -0.179. The van der Waals surface area contributed by atoms with Crippen LogP contribution in [0.25, 0.3) is 22.4 Å². The van der Waals surface area contributed by atoms with Gasteiger partial charge in [0, 0.05) is 34.3 Å². The summed E-state index contributed by atoms with van der Waals surface area (Å²) in [5.41, 5.74) is 10.1. The van der Waals surface area contributed by atoms with Crippen molar-refractivity contribution in [1.29, 1.82) is 0 Å². The Labute approximate surface area is 187 Å². The Morgan fingerprint density at radius 1 is 1.00 bits per heavy atom.